The average Bonchev–Trinajstić information content (AvgIpc) is 2.69. The van der Waals surface area contributed by atoms with Gasteiger partial charge in [-0.3, -0.25) is 9.89 Å². The van der Waals surface area contributed by atoms with Crippen LogP contribution in [-0.4, -0.2) is 28.1 Å². The number of amides is 1. The van der Waals surface area contributed by atoms with Crippen molar-refractivity contribution in [2.24, 2.45) is 0 Å². The van der Waals surface area contributed by atoms with Crippen LogP contribution in [0.25, 0.3) is 0 Å². The second-order valence-corrected chi connectivity index (χ2v) is 4.40. The van der Waals surface area contributed by atoms with Crippen molar-refractivity contribution in [2.45, 2.75) is 20.8 Å². The first-order valence-electron chi connectivity index (χ1n) is 6.00. The quantitative estimate of drug-likeness (QED) is 0.787. The molecule has 3 N–H and O–H groups in total. The molecule has 0 aliphatic heterocycles. The molecular formula is C13H17N5O. The Morgan fingerprint density at radius 1 is 1.26 bits per heavy atom. The number of aromatic amines is 1. The third-order valence-corrected chi connectivity index (χ3v) is 2.84. The molecular weight excluding hydrogens is 242 g/mol. The molecule has 2 aromatic rings. The van der Waals surface area contributed by atoms with Gasteiger partial charge in [0.1, 0.15) is 5.82 Å². The fraction of sp³-hybridized carbons (Fsp3) is 0.308. The maximum atomic E-state index is 12.2. The number of anilines is 2. The van der Waals surface area contributed by atoms with E-state index >= 15 is 0 Å². The number of hydrogen-bond acceptors (Lipinski definition) is 4. The second kappa shape index (κ2) is 5.09. The summed E-state index contributed by atoms with van der Waals surface area (Å²) in [5, 5.41) is 12.7. The van der Waals surface area contributed by atoms with Crippen LogP contribution in [0, 0.1) is 20.8 Å². The smallest absolute Gasteiger partial charge is 0.255 e. The van der Waals surface area contributed by atoms with Gasteiger partial charge in [0.15, 0.2) is 0 Å². The van der Waals surface area contributed by atoms with Crippen molar-refractivity contribution in [3.8, 4) is 0 Å². The van der Waals surface area contributed by atoms with Gasteiger partial charge in [0.25, 0.3) is 5.91 Å². The van der Waals surface area contributed by atoms with Crippen LogP contribution in [0.1, 0.15) is 27.4 Å². The summed E-state index contributed by atoms with van der Waals surface area (Å²) >= 11 is 0. The van der Waals surface area contributed by atoms with E-state index in [2.05, 4.69) is 25.8 Å². The molecule has 1 amide bonds. The number of hydrogen-bond donors (Lipinski definition) is 3. The molecule has 19 heavy (non-hydrogen) atoms. The number of rotatable bonds is 3. The first-order valence-corrected chi connectivity index (χ1v) is 6.00. The summed E-state index contributed by atoms with van der Waals surface area (Å²) < 4.78 is 0. The zero-order chi connectivity index (χ0) is 14.0. The monoisotopic (exact) mass is 259 g/mol. The Bertz CT molecular complexity index is 598. The van der Waals surface area contributed by atoms with Gasteiger partial charge in [-0.05, 0) is 32.9 Å². The van der Waals surface area contributed by atoms with Gasteiger partial charge < -0.3 is 10.6 Å². The van der Waals surface area contributed by atoms with Crippen LogP contribution in [0.4, 0.5) is 11.5 Å². The molecule has 0 saturated carbocycles. The molecule has 0 aliphatic rings. The highest BCUT2D eigenvalue weighted by Crippen LogP contribution is 2.18. The first-order chi connectivity index (χ1) is 9.01. The number of nitrogens with zero attached hydrogens (tertiary/aromatic N) is 2. The third kappa shape index (κ3) is 2.73. The largest absolute Gasteiger partial charge is 0.373 e. The van der Waals surface area contributed by atoms with Crippen molar-refractivity contribution in [2.75, 3.05) is 17.7 Å². The Morgan fingerprint density at radius 3 is 2.58 bits per heavy atom. The van der Waals surface area contributed by atoms with E-state index in [1.165, 1.54) is 0 Å². The first kappa shape index (κ1) is 13.1. The lowest BCUT2D eigenvalue weighted by atomic mass is 10.2. The summed E-state index contributed by atoms with van der Waals surface area (Å²) in [7, 11) is 1.77. The maximum absolute atomic E-state index is 12.2. The van der Waals surface area contributed by atoms with Gasteiger partial charge in [-0.1, -0.05) is 0 Å². The van der Waals surface area contributed by atoms with Crippen molar-refractivity contribution < 1.29 is 4.79 Å². The average molecular weight is 259 g/mol. The number of carbonyl (C=O) groups is 1. The van der Waals surface area contributed by atoms with Gasteiger partial charge in [0.2, 0.25) is 0 Å². The lowest BCUT2D eigenvalue weighted by molar-refractivity contribution is 0.102. The van der Waals surface area contributed by atoms with E-state index in [-0.39, 0.29) is 5.91 Å². The molecule has 0 unspecified atom stereocenters. The number of carbonyl (C=O) groups excluding carboxylic acids is 1. The van der Waals surface area contributed by atoms with Crippen molar-refractivity contribution >= 4 is 17.4 Å². The van der Waals surface area contributed by atoms with E-state index in [0.29, 0.717) is 11.4 Å². The summed E-state index contributed by atoms with van der Waals surface area (Å²) in [5.74, 6) is 0.500. The van der Waals surface area contributed by atoms with E-state index in [0.717, 1.165) is 22.8 Å². The summed E-state index contributed by atoms with van der Waals surface area (Å²) in [5.41, 5.74) is 3.69. The van der Waals surface area contributed by atoms with Gasteiger partial charge >= 0.3 is 0 Å². The minimum atomic E-state index is -0.172. The molecule has 0 saturated heterocycles. The number of aromatic nitrogens is 3. The van der Waals surface area contributed by atoms with E-state index in [4.69, 9.17) is 0 Å². The fourth-order valence-electron chi connectivity index (χ4n) is 1.85. The normalized spacial score (nSPS) is 10.3. The molecule has 0 bridgehead atoms. The van der Waals surface area contributed by atoms with Crippen LogP contribution in [-0.2, 0) is 0 Å². The summed E-state index contributed by atoms with van der Waals surface area (Å²) in [4.78, 5) is 16.5. The fourth-order valence-corrected chi connectivity index (χ4v) is 1.85. The SMILES string of the molecule is CNc1cc(C(=O)Nc2c(C)n[nH]c2C)cc(C)n1. The van der Waals surface area contributed by atoms with E-state index in [1.54, 1.807) is 19.2 Å². The number of aryl methyl sites for hydroxylation is 3. The van der Waals surface area contributed by atoms with Crippen LogP contribution in [0.2, 0.25) is 0 Å². The molecule has 6 heteroatoms. The molecule has 0 spiro atoms. The maximum Gasteiger partial charge on any atom is 0.255 e. The van der Waals surface area contributed by atoms with Crippen LogP contribution >= 0.6 is 0 Å². The molecule has 100 valence electrons. The summed E-state index contributed by atoms with van der Waals surface area (Å²) in [6.07, 6.45) is 0. The van der Waals surface area contributed by atoms with Gasteiger partial charge in [-0.25, -0.2) is 4.98 Å². The van der Waals surface area contributed by atoms with Gasteiger partial charge in [-0.15, -0.1) is 0 Å². The predicted molar refractivity (Wildman–Crippen MR) is 74.5 cm³/mol. The highest BCUT2D eigenvalue weighted by atomic mass is 16.1. The number of pyridine rings is 1. The van der Waals surface area contributed by atoms with Crippen LogP contribution < -0.4 is 10.6 Å². The Hall–Kier alpha value is -2.37. The molecule has 2 heterocycles. The van der Waals surface area contributed by atoms with Gasteiger partial charge in [-0.2, -0.15) is 5.10 Å². The molecule has 0 radical (unpaired) electrons. The zero-order valence-electron chi connectivity index (χ0n) is 11.5. The van der Waals surface area contributed by atoms with E-state index < -0.39 is 0 Å². The summed E-state index contributed by atoms with van der Waals surface area (Å²) in [6.45, 7) is 5.56. The van der Waals surface area contributed by atoms with Crippen molar-refractivity contribution in [1.82, 2.24) is 15.2 Å². The molecule has 0 aliphatic carbocycles. The van der Waals surface area contributed by atoms with E-state index in [9.17, 15) is 4.79 Å². The molecule has 2 rings (SSSR count). The number of H-pyrrole nitrogens is 1. The van der Waals surface area contributed by atoms with Crippen molar-refractivity contribution in [3.05, 3.63) is 34.8 Å². The molecule has 6 nitrogen and oxygen atoms in total. The topological polar surface area (TPSA) is 82.7 Å². The predicted octanol–water partition coefficient (Wildman–Crippen LogP) is 2.02. The second-order valence-electron chi connectivity index (χ2n) is 4.40. The minimum absolute atomic E-state index is 0.172. The summed E-state index contributed by atoms with van der Waals surface area (Å²) in [6, 6.07) is 3.47. The Balaban J connectivity index is 2.28. The van der Waals surface area contributed by atoms with Crippen LogP contribution in [0.15, 0.2) is 12.1 Å². The molecule has 0 aromatic carbocycles. The lowest BCUT2D eigenvalue weighted by Crippen LogP contribution is -2.14. The highest BCUT2D eigenvalue weighted by molar-refractivity contribution is 6.05. The molecule has 0 atom stereocenters. The van der Waals surface area contributed by atoms with Crippen LogP contribution in [0.3, 0.4) is 0 Å². The molecule has 2 aromatic heterocycles. The van der Waals surface area contributed by atoms with Gasteiger partial charge in [0, 0.05) is 18.3 Å². The van der Waals surface area contributed by atoms with Crippen LogP contribution in [0.5, 0.6) is 0 Å². The standard InChI is InChI=1S/C13H17N5O/c1-7-5-10(6-11(14-4)15-7)13(19)16-12-8(2)17-18-9(12)3/h5-6H,1-4H3,(H,14,15)(H,16,19)(H,17,18). The Kier molecular flexibility index (Phi) is 3.50. The van der Waals surface area contributed by atoms with E-state index in [1.807, 2.05) is 20.8 Å². The molecule has 0 fully saturated rings. The van der Waals surface area contributed by atoms with Crippen molar-refractivity contribution in [3.63, 3.8) is 0 Å². The highest BCUT2D eigenvalue weighted by Gasteiger charge is 2.13. The Labute approximate surface area is 111 Å². The third-order valence-electron chi connectivity index (χ3n) is 2.84. The van der Waals surface area contributed by atoms with Crippen molar-refractivity contribution in [1.29, 1.82) is 0 Å². The van der Waals surface area contributed by atoms with Gasteiger partial charge in [0.05, 0.1) is 17.1 Å². The number of nitrogens with one attached hydrogen (secondary N) is 3. The zero-order valence-corrected chi connectivity index (χ0v) is 11.5. The lowest BCUT2D eigenvalue weighted by Gasteiger charge is -2.08. The Morgan fingerprint density at radius 2 is 2.00 bits per heavy atom. The minimum Gasteiger partial charge on any atom is -0.373 e.